The van der Waals surface area contributed by atoms with E-state index < -0.39 is 6.04 Å². The van der Waals surface area contributed by atoms with E-state index in [1.807, 2.05) is 30.3 Å². The Morgan fingerprint density at radius 1 is 1.27 bits per heavy atom. The number of rotatable bonds is 4. The lowest BCUT2D eigenvalue weighted by atomic mass is 9.96. The number of benzene rings is 1. The van der Waals surface area contributed by atoms with Crippen LogP contribution in [-0.4, -0.2) is 11.9 Å². The van der Waals surface area contributed by atoms with Gasteiger partial charge in [-0.05, 0) is 55.7 Å². The second kappa shape index (κ2) is 6.63. The van der Waals surface area contributed by atoms with Crippen molar-refractivity contribution in [3.63, 3.8) is 0 Å². The Balaban J connectivity index is 1.68. The van der Waals surface area contributed by atoms with Gasteiger partial charge >= 0.3 is 0 Å². The maximum absolute atomic E-state index is 12.4. The van der Waals surface area contributed by atoms with Gasteiger partial charge in [0.15, 0.2) is 0 Å². The number of carbonyl (C=O) groups is 1. The smallest absolute Gasteiger partial charge is 0.242 e. The van der Waals surface area contributed by atoms with Crippen LogP contribution in [0.2, 0.25) is 0 Å². The summed E-state index contributed by atoms with van der Waals surface area (Å²) in [6.45, 7) is 2.11. The van der Waals surface area contributed by atoms with Crippen molar-refractivity contribution in [2.24, 2.45) is 5.73 Å². The molecule has 1 atom stereocenters. The first kappa shape index (κ1) is 15.3. The lowest BCUT2D eigenvalue weighted by Crippen LogP contribution is -2.37. The van der Waals surface area contributed by atoms with E-state index in [1.165, 1.54) is 28.8 Å². The number of fused-ring (bicyclic) bond motifs is 1. The third kappa shape index (κ3) is 3.23. The fraction of sp³-hybridized carbons (Fsp3) is 0.389. The summed E-state index contributed by atoms with van der Waals surface area (Å²) in [5.41, 5.74) is 9.84. The largest absolute Gasteiger partial charge is 0.320 e. The van der Waals surface area contributed by atoms with E-state index in [-0.39, 0.29) is 5.91 Å². The van der Waals surface area contributed by atoms with Gasteiger partial charge in [-0.15, -0.1) is 11.3 Å². The van der Waals surface area contributed by atoms with Crippen LogP contribution in [0.3, 0.4) is 0 Å². The average molecular weight is 314 g/mol. The molecule has 3 rings (SSSR count). The molecule has 116 valence electrons. The zero-order chi connectivity index (χ0) is 15.5. The third-order valence-electron chi connectivity index (χ3n) is 4.31. The van der Waals surface area contributed by atoms with Crippen LogP contribution >= 0.6 is 11.3 Å². The van der Waals surface area contributed by atoms with E-state index >= 15 is 0 Å². The van der Waals surface area contributed by atoms with Crippen LogP contribution in [0.25, 0.3) is 0 Å². The number of anilines is 1. The highest BCUT2D eigenvalue weighted by atomic mass is 32.1. The van der Waals surface area contributed by atoms with E-state index in [0.29, 0.717) is 6.42 Å². The minimum Gasteiger partial charge on any atom is -0.320 e. The Hall–Kier alpha value is -1.65. The molecule has 0 unspecified atom stereocenters. The van der Waals surface area contributed by atoms with Gasteiger partial charge in [0.25, 0.3) is 0 Å². The van der Waals surface area contributed by atoms with Crippen LogP contribution < -0.4 is 11.1 Å². The number of aryl methyl sites for hydroxylation is 1. The highest BCUT2D eigenvalue weighted by molar-refractivity contribution is 7.16. The van der Waals surface area contributed by atoms with Gasteiger partial charge < -0.3 is 11.1 Å². The summed E-state index contributed by atoms with van der Waals surface area (Å²) in [6, 6.07) is 9.40. The molecule has 0 aliphatic heterocycles. The maximum atomic E-state index is 12.4. The van der Waals surface area contributed by atoms with E-state index in [4.69, 9.17) is 5.73 Å². The number of thiophene rings is 1. The summed E-state index contributed by atoms with van der Waals surface area (Å²) < 4.78 is 0. The molecule has 0 bridgehead atoms. The molecule has 1 aliphatic rings. The van der Waals surface area contributed by atoms with Crippen molar-refractivity contribution in [2.75, 3.05) is 5.32 Å². The zero-order valence-corrected chi connectivity index (χ0v) is 13.7. The molecule has 1 aromatic carbocycles. The number of hydrogen-bond donors (Lipinski definition) is 2. The van der Waals surface area contributed by atoms with E-state index in [1.54, 1.807) is 11.3 Å². The Morgan fingerprint density at radius 2 is 2.00 bits per heavy atom. The fourth-order valence-corrected chi connectivity index (χ4v) is 4.31. The average Bonchev–Trinajstić information content (AvgIpc) is 2.85. The Labute approximate surface area is 135 Å². The van der Waals surface area contributed by atoms with Crippen LogP contribution in [0.1, 0.15) is 34.4 Å². The molecule has 0 spiro atoms. The zero-order valence-electron chi connectivity index (χ0n) is 12.9. The first-order valence-electron chi connectivity index (χ1n) is 7.86. The predicted molar refractivity (Wildman–Crippen MR) is 92.4 cm³/mol. The fourth-order valence-electron chi connectivity index (χ4n) is 3.01. The van der Waals surface area contributed by atoms with E-state index in [2.05, 4.69) is 12.2 Å². The van der Waals surface area contributed by atoms with Gasteiger partial charge in [0, 0.05) is 4.88 Å². The highest BCUT2D eigenvalue weighted by Crippen LogP contribution is 2.37. The Kier molecular flexibility index (Phi) is 4.60. The van der Waals surface area contributed by atoms with Crippen molar-refractivity contribution in [3.05, 3.63) is 51.9 Å². The molecule has 1 heterocycles. The van der Waals surface area contributed by atoms with Gasteiger partial charge in [0.05, 0.1) is 11.0 Å². The first-order chi connectivity index (χ1) is 10.6. The molecule has 22 heavy (non-hydrogen) atoms. The van der Waals surface area contributed by atoms with Crippen molar-refractivity contribution in [1.29, 1.82) is 0 Å². The van der Waals surface area contributed by atoms with E-state index in [9.17, 15) is 4.79 Å². The van der Waals surface area contributed by atoms with Gasteiger partial charge in [0.2, 0.25) is 5.91 Å². The summed E-state index contributed by atoms with van der Waals surface area (Å²) >= 11 is 1.73. The molecule has 1 aliphatic carbocycles. The molecule has 0 fully saturated rings. The van der Waals surface area contributed by atoms with Gasteiger partial charge in [0.1, 0.15) is 0 Å². The second-order valence-electron chi connectivity index (χ2n) is 5.95. The summed E-state index contributed by atoms with van der Waals surface area (Å²) in [6.07, 6.45) is 5.37. The maximum Gasteiger partial charge on any atom is 0.242 e. The molecule has 2 aromatic rings. The highest BCUT2D eigenvalue weighted by Gasteiger charge is 2.21. The predicted octanol–water partition coefficient (Wildman–Crippen LogP) is 3.44. The van der Waals surface area contributed by atoms with Gasteiger partial charge in [-0.25, -0.2) is 0 Å². The van der Waals surface area contributed by atoms with Crippen LogP contribution in [0.5, 0.6) is 0 Å². The Bertz CT molecular complexity index is 663. The van der Waals surface area contributed by atoms with Gasteiger partial charge in [-0.2, -0.15) is 0 Å². The molecular formula is C18H22N2OS. The molecule has 0 saturated heterocycles. The van der Waals surface area contributed by atoms with Crippen molar-refractivity contribution in [2.45, 2.75) is 45.1 Å². The standard InChI is InChI=1S/C18H22N2OS/c1-12-14-9-5-6-10-16(14)22-18(12)20-17(21)15(19)11-13-7-3-2-4-8-13/h2-4,7-8,15H,5-6,9-11,19H2,1H3,(H,20,21)/t15-/m0/s1. The van der Waals surface area contributed by atoms with Crippen molar-refractivity contribution in [1.82, 2.24) is 0 Å². The van der Waals surface area contributed by atoms with Crippen molar-refractivity contribution in [3.8, 4) is 0 Å². The summed E-state index contributed by atoms with van der Waals surface area (Å²) in [7, 11) is 0. The molecule has 3 nitrogen and oxygen atoms in total. The lowest BCUT2D eigenvalue weighted by Gasteiger charge is -2.12. The molecule has 1 aromatic heterocycles. The molecule has 1 amide bonds. The molecule has 4 heteroatoms. The Morgan fingerprint density at radius 3 is 2.73 bits per heavy atom. The van der Waals surface area contributed by atoms with Crippen LogP contribution in [-0.2, 0) is 24.1 Å². The molecule has 0 radical (unpaired) electrons. The topological polar surface area (TPSA) is 55.1 Å². The van der Waals surface area contributed by atoms with Crippen LogP contribution in [0.15, 0.2) is 30.3 Å². The van der Waals surface area contributed by atoms with Crippen molar-refractivity contribution < 1.29 is 4.79 Å². The molecular weight excluding hydrogens is 292 g/mol. The number of carbonyl (C=O) groups excluding carboxylic acids is 1. The van der Waals surface area contributed by atoms with Gasteiger partial charge in [-0.1, -0.05) is 30.3 Å². The number of nitrogens with two attached hydrogens (primary N) is 1. The first-order valence-corrected chi connectivity index (χ1v) is 8.68. The van der Waals surface area contributed by atoms with Crippen molar-refractivity contribution >= 4 is 22.2 Å². The second-order valence-corrected chi connectivity index (χ2v) is 7.06. The third-order valence-corrected chi connectivity index (χ3v) is 5.62. The molecule has 0 saturated carbocycles. The minimum atomic E-state index is -0.513. The normalized spacial score (nSPS) is 15.2. The van der Waals surface area contributed by atoms with E-state index in [0.717, 1.165) is 23.4 Å². The summed E-state index contributed by atoms with van der Waals surface area (Å²) in [5.74, 6) is -0.0921. The number of hydrogen-bond acceptors (Lipinski definition) is 3. The minimum absolute atomic E-state index is 0.0921. The summed E-state index contributed by atoms with van der Waals surface area (Å²) in [5, 5.41) is 4.03. The van der Waals surface area contributed by atoms with Crippen LogP contribution in [0, 0.1) is 6.92 Å². The lowest BCUT2D eigenvalue weighted by molar-refractivity contribution is -0.117. The quantitative estimate of drug-likeness (QED) is 0.908. The number of amides is 1. The molecule has 3 N–H and O–H groups in total. The summed E-state index contributed by atoms with van der Waals surface area (Å²) in [4.78, 5) is 13.8. The van der Waals surface area contributed by atoms with Crippen LogP contribution in [0.4, 0.5) is 5.00 Å². The SMILES string of the molecule is Cc1c(NC(=O)[C@@H](N)Cc2ccccc2)sc2c1CCCC2. The van der Waals surface area contributed by atoms with Gasteiger partial charge in [-0.3, -0.25) is 4.79 Å². The number of nitrogens with one attached hydrogen (secondary N) is 1. The monoisotopic (exact) mass is 314 g/mol.